The minimum Gasteiger partial charge on any atom is -0.454 e. The number of nitrogens with one attached hydrogen (secondary N) is 1. The van der Waals surface area contributed by atoms with Crippen LogP contribution in [-0.4, -0.2) is 18.6 Å². The lowest BCUT2D eigenvalue weighted by molar-refractivity contribution is 0.174. The summed E-state index contributed by atoms with van der Waals surface area (Å²) in [4.78, 5) is 0. The molecule has 2 heterocycles. The summed E-state index contributed by atoms with van der Waals surface area (Å²) in [5.74, 6) is 1.73. The molecule has 0 amide bonds. The Bertz CT molecular complexity index is 397. The van der Waals surface area contributed by atoms with E-state index in [-0.39, 0.29) is 0 Å². The molecule has 0 saturated carbocycles. The van der Waals surface area contributed by atoms with E-state index in [0.717, 1.165) is 23.3 Å². The third-order valence-corrected chi connectivity index (χ3v) is 4.36. The molecule has 0 spiro atoms. The molecule has 1 N–H and O–H groups in total. The molecule has 86 valence electrons. The number of hydrogen-bond donors (Lipinski definition) is 1. The van der Waals surface area contributed by atoms with Crippen molar-refractivity contribution in [3.05, 3.63) is 23.8 Å². The number of ether oxygens (including phenoxy) is 2. The van der Waals surface area contributed by atoms with Crippen LogP contribution in [0, 0.1) is 0 Å². The normalized spacial score (nSPS) is 28.1. The molecule has 3 rings (SSSR count). The maximum absolute atomic E-state index is 5.40. The molecular formula is C12H15NO2S. The lowest BCUT2D eigenvalue weighted by Gasteiger charge is -2.28. The van der Waals surface area contributed by atoms with E-state index >= 15 is 0 Å². The molecular weight excluding hydrogens is 222 g/mol. The highest BCUT2D eigenvalue weighted by atomic mass is 32.2. The van der Waals surface area contributed by atoms with Gasteiger partial charge in [0.25, 0.3) is 0 Å². The van der Waals surface area contributed by atoms with Gasteiger partial charge in [0.15, 0.2) is 11.5 Å². The highest BCUT2D eigenvalue weighted by molar-refractivity contribution is 8.00. The Morgan fingerprint density at radius 2 is 2.19 bits per heavy atom. The topological polar surface area (TPSA) is 30.5 Å². The lowest BCUT2D eigenvalue weighted by atomic mass is 10.2. The summed E-state index contributed by atoms with van der Waals surface area (Å²) >= 11 is 1.98. The van der Waals surface area contributed by atoms with E-state index in [1.54, 1.807) is 0 Å². The van der Waals surface area contributed by atoms with E-state index in [0.29, 0.717) is 12.2 Å². The number of fused-ring (bicyclic) bond motifs is 1. The average molecular weight is 237 g/mol. The van der Waals surface area contributed by atoms with Gasteiger partial charge in [-0.15, -0.1) is 11.8 Å². The largest absolute Gasteiger partial charge is 0.454 e. The maximum atomic E-state index is 5.40. The van der Waals surface area contributed by atoms with Gasteiger partial charge in [-0.25, -0.2) is 0 Å². The fraction of sp³-hybridized carbons (Fsp3) is 0.500. The molecule has 0 aromatic heterocycles. The molecule has 3 nitrogen and oxygen atoms in total. The average Bonchev–Trinajstić information content (AvgIpc) is 2.75. The lowest BCUT2D eigenvalue weighted by Crippen LogP contribution is -2.28. The van der Waals surface area contributed by atoms with Crippen LogP contribution in [0.3, 0.4) is 0 Å². The molecule has 2 aliphatic heterocycles. The minimum absolute atomic E-state index is 0.348. The summed E-state index contributed by atoms with van der Waals surface area (Å²) in [6, 6.07) is 6.21. The SMILES string of the molecule is CC1CCNC(c2ccc3c(c2)OCO3)S1. The quantitative estimate of drug-likeness (QED) is 0.813. The zero-order chi connectivity index (χ0) is 11.0. The molecule has 1 fully saturated rings. The van der Waals surface area contributed by atoms with Crippen LogP contribution >= 0.6 is 11.8 Å². The zero-order valence-corrected chi connectivity index (χ0v) is 10.0. The monoisotopic (exact) mass is 237 g/mol. The first-order valence-corrected chi connectivity index (χ1v) is 6.55. The van der Waals surface area contributed by atoms with Crippen molar-refractivity contribution in [1.82, 2.24) is 5.32 Å². The van der Waals surface area contributed by atoms with Crippen molar-refractivity contribution in [2.45, 2.75) is 24.0 Å². The third kappa shape index (κ3) is 1.87. The van der Waals surface area contributed by atoms with Gasteiger partial charge in [-0.3, -0.25) is 0 Å². The number of thioether (sulfide) groups is 1. The first-order chi connectivity index (χ1) is 7.83. The van der Waals surface area contributed by atoms with E-state index in [4.69, 9.17) is 9.47 Å². The Balaban J connectivity index is 1.83. The third-order valence-electron chi connectivity index (χ3n) is 2.95. The summed E-state index contributed by atoms with van der Waals surface area (Å²) in [5, 5.41) is 4.63. The summed E-state index contributed by atoms with van der Waals surface area (Å²) in [6.45, 7) is 3.72. The molecule has 2 aliphatic rings. The Labute approximate surface area is 99.5 Å². The smallest absolute Gasteiger partial charge is 0.231 e. The molecule has 1 saturated heterocycles. The van der Waals surface area contributed by atoms with Gasteiger partial charge < -0.3 is 14.8 Å². The molecule has 2 atom stereocenters. The molecule has 2 unspecified atom stereocenters. The Kier molecular flexibility index (Phi) is 2.69. The van der Waals surface area contributed by atoms with Crippen LogP contribution in [0.5, 0.6) is 11.5 Å². The van der Waals surface area contributed by atoms with Crippen LogP contribution in [0.1, 0.15) is 24.3 Å². The maximum Gasteiger partial charge on any atom is 0.231 e. The van der Waals surface area contributed by atoms with Crippen molar-refractivity contribution >= 4 is 11.8 Å². The van der Waals surface area contributed by atoms with Crippen molar-refractivity contribution in [3.63, 3.8) is 0 Å². The Morgan fingerprint density at radius 1 is 1.31 bits per heavy atom. The van der Waals surface area contributed by atoms with E-state index in [1.165, 1.54) is 12.0 Å². The Morgan fingerprint density at radius 3 is 3.06 bits per heavy atom. The van der Waals surface area contributed by atoms with Crippen LogP contribution in [0.4, 0.5) is 0 Å². The predicted octanol–water partition coefficient (Wildman–Crippen LogP) is 2.53. The molecule has 1 aromatic rings. The van der Waals surface area contributed by atoms with Gasteiger partial charge in [0.1, 0.15) is 0 Å². The van der Waals surface area contributed by atoms with Gasteiger partial charge in [0.05, 0.1) is 5.37 Å². The van der Waals surface area contributed by atoms with Gasteiger partial charge in [-0.2, -0.15) is 0 Å². The fourth-order valence-corrected chi connectivity index (χ4v) is 3.28. The highest BCUT2D eigenvalue weighted by Gasteiger charge is 2.22. The van der Waals surface area contributed by atoms with Crippen molar-refractivity contribution in [3.8, 4) is 11.5 Å². The zero-order valence-electron chi connectivity index (χ0n) is 9.23. The van der Waals surface area contributed by atoms with Crippen molar-refractivity contribution in [2.75, 3.05) is 13.3 Å². The van der Waals surface area contributed by atoms with Crippen LogP contribution in [0.15, 0.2) is 18.2 Å². The first kappa shape index (κ1) is 10.3. The predicted molar refractivity (Wildman–Crippen MR) is 65.0 cm³/mol. The highest BCUT2D eigenvalue weighted by Crippen LogP contribution is 2.39. The molecule has 0 radical (unpaired) electrons. The second-order valence-corrected chi connectivity index (χ2v) is 5.73. The molecule has 1 aromatic carbocycles. The number of hydrogen-bond acceptors (Lipinski definition) is 4. The van der Waals surface area contributed by atoms with Crippen LogP contribution in [0.2, 0.25) is 0 Å². The second-order valence-electron chi connectivity index (χ2n) is 4.18. The molecule has 0 bridgehead atoms. The van der Waals surface area contributed by atoms with Gasteiger partial charge in [0.2, 0.25) is 6.79 Å². The van der Waals surface area contributed by atoms with Gasteiger partial charge in [-0.05, 0) is 30.7 Å². The summed E-state index contributed by atoms with van der Waals surface area (Å²) in [5.41, 5.74) is 1.28. The van der Waals surface area contributed by atoms with Gasteiger partial charge in [0, 0.05) is 5.25 Å². The summed E-state index contributed by atoms with van der Waals surface area (Å²) in [6.07, 6.45) is 1.24. The van der Waals surface area contributed by atoms with Gasteiger partial charge >= 0.3 is 0 Å². The van der Waals surface area contributed by atoms with E-state index in [1.807, 2.05) is 17.8 Å². The fourth-order valence-electron chi connectivity index (χ4n) is 2.04. The van der Waals surface area contributed by atoms with Crippen LogP contribution < -0.4 is 14.8 Å². The molecule has 0 aliphatic carbocycles. The molecule has 4 heteroatoms. The molecule has 16 heavy (non-hydrogen) atoms. The van der Waals surface area contributed by atoms with E-state index in [9.17, 15) is 0 Å². The Hall–Kier alpha value is -0.870. The van der Waals surface area contributed by atoms with Crippen molar-refractivity contribution < 1.29 is 9.47 Å². The number of rotatable bonds is 1. The van der Waals surface area contributed by atoms with E-state index in [2.05, 4.69) is 24.4 Å². The van der Waals surface area contributed by atoms with Crippen molar-refractivity contribution in [2.24, 2.45) is 0 Å². The standard InChI is InChI=1S/C12H15NO2S/c1-8-4-5-13-12(16-8)9-2-3-10-11(6-9)15-7-14-10/h2-3,6,8,12-13H,4-5,7H2,1H3. The van der Waals surface area contributed by atoms with Crippen molar-refractivity contribution in [1.29, 1.82) is 0 Å². The van der Waals surface area contributed by atoms with Crippen LogP contribution in [-0.2, 0) is 0 Å². The van der Waals surface area contributed by atoms with Crippen LogP contribution in [0.25, 0.3) is 0 Å². The summed E-state index contributed by atoms with van der Waals surface area (Å²) in [7, 11) is 0. The first-order valence-electron chi connectivity index (χ1n) is 5.61. The van der Waals surface area contributed by atoms with E-state index < -0.39 is 0 Å². The summed E-state index contributed by atoms with van der Waals surface area (Å²) < 4.78 is 10.7. The second kappa shape index (κ2) is 4.18. The van der Waals surface area contributed by atoms with Gasteiger partial charge in [-0.1, -0.05) is 13.0 Å². The number of benzene rings is 1. The minimum atomic E-state index is 0.348.